The highest BCUT2D eigenvalue weighted by atomic mass is 35.5. The highest BCUT2D eigenvalue weighted by Gasteiger charge is 2.06. The Hall–Kier alpha value is -1.31. The number of rotatable bonds is 2. The molecular weight excluding hydrogens is 230 g/mol. The molecule has 0 saturated heterocycles. The molecule has 0 amide bonds. The Kier molecular flexibility index (Phi) is 4.73. The van der Waals surface area contributed by atoms with E-state index in [1.807, 2.05) is 12.1 Å². The average molecular weight is 248 g/mol. The van der Waals surface area contributed by atoms with Gasteiger partial charge in [0.25, 0.3) is 0 Å². The lowest BCUT2D eigenvalue weighted by Crippen LogP contribution is -1.95. The lowest BCUT2D eigenvalue weighted by molar-refractivity contribution is 1.14. The summed E-state index contributed by atoms with van der Waals surface area (Å²) < 4.78 is 0. The molecule has 0 spiro atoms. The summed E-state index contributed by atoms with van der Waals surface area (Å²) in [6, 6.07) is 14.5. The first-order chi connectivity index (χ1) is 7.68. The molecule has 2 heteroatoms. The van der Waals surface area contributed by atoms with Gasteiger partial charge in [0, 0.05) is 5.02 Å². The highest BCUT2D eigenvalue weighted by Crippen LogP contribution is 2.25. The Morgan fingerprint density at radius 1 is 0.941 bits per heavy atom. The number of benzene rings is 2. The topological polar surface area (TPSA) is 35.0 Å². The fourth-order valence-corrected chi connectivity index (χ4v) is 2.13. The van der Waals surface area contributed by atoms with E-state index in [1.54, 1.807) is 0 Å². The van der Waals surface area contributed by atoms with Crippen molar-refractivity contribution in [2.45, 2.75) is 20.3 Å². The van der Waals surface area contributed by atoms with Crippen molar-refractivity contribution in [1.82, 2.24) is 6.15 Å². The van der Waals surface area contributed by atoms with Crippen molar-refractivity contribution in [3.8, 4) is 0 Å². The molecule has 0 saturated carbocycles. The second-order valence-electron chi connectivity index (χ2n) is 4.13. The van der Waals surface area contributed by atoms with Crippen molar-refractivity contribution >= 4 is 11.6 Å². The van der Waals surface area contributed by atoms with Gasteiger partial charge in [0.1, 0.15) is 0 Å². The summed E-state index contributed by atoms with van der Waals surface area (Å²) >= 11 is 6.25. The maximum Gasteiger partial charge on any atom is 0.0444 e. The molecule has 2 aromatic rings. The van der Waals surface area contributed by atoms with Crippen LogP contribution in [0.15, 0.2) is 42.5 Å². The minimum Gasteiger partial charge on any atom is -0.344 e. The highest BCUT2D eigenvalue weighted by molar-refractivity contribution is 6.31. The predicted octanol–water partition coefficient (Wildman–Crippen LogP) is 4.71. The predicted molar refractivity (Wildman–Crippen MR) is 75.2 cm³/mol. The first-order valence-corrected chi connectivity index (χ1v) is 5.85. The van der Waals surface area contributed by atoms with Crippen LogP contribution >= 0.6 is 11.6 Å². The van der Waals surface area contributed by atoms with Gasteiger partial charge in [-0.3, -0.25) is 0 Å². The zero-order valence-corrected chi connectivity index (χ0v) is 11.1. The van der Waals surface area contributed by atoms with Gasteiger partial charge in [-0.25, -0.2) is 0 Å². The smallest absolute Gasteiger partial charge is 0.0444 e. The summed E-state index contributed by atoms with van der Waals surface area (Å²) in [5.74, 6) is 0. The van der Waals surface area contributed by atoms with E-state index in [-0.39, 0.29) is 6.15 Å². The Labute approximate surface area is 108 Å². The van der Waals surface area contributed by atoms with Gasteiger partial charge in [0.05, 0.1) is 0 Å². The van der Waals surface area contributed by atoms with Crippen molar-refractivity contribution in [2.75, 3.05) is 0 Å². The SMILES string of the molecule is Cc1ccc(Cl)c(Cc2ccccc2)c1C.N. The number of aryl methyl sites for hydroxylation is 1. The summed E-state index contributed by atoms with van der Waals surface area (Å²) in [6.07, 6.45) is 0.910. The quantitative estimate of drug-likeness (QED) is 0.820. The van der Waals surface area contributed by atoms with Crippen LogP contribution in [-0.4, -0.2) is 0 Å². The van der Waals surface area contributed by atoms with E-state index < -0.39 is 0 Å². The fraction of sp³-hybridized carbons (Fsp3) is 0.200. The van der Waals surface area contributed by atoms with Gasteiger partial charge >= 0.3 is 0 Å². The summed E-state index contributed by atoms with van der Waals surface area (Å²) in [4.78, 5) is 0. The van der Waals surface area contributed by atoms with Crippen LogP contribution in [0, 0.1) is 13.8 Å². The number of halogens is 1. The van der Waals surface area contributed by atoms with Crippen LogP contribution in [0.25, 0.3) is 0 Å². The molecule has 2 rings (SSSR count). The standard InChI is InChI=1S/C15H15Cl.H3N/c1-11-8-9-15(16)14(12(11)2)10-13-6-4-3-5-7-13;/h3-9H,10H2,1-2H3;1H3. The molecule has 0 aliphatic rings. The Morgan fingerprint density at radius 3 is 2.24 bits per heavy atom. The van der Waals surface area contributed by atoms with E-state index in [2.05, 4.69) is 44.2 Å². The van der Waals surface area contributed by atoms with E-state index in [0.29, 0.717) is 0 Å². The molecule has 90 valence electrons. The van der Waals surface area contributed by atoms with E-state index >= 15 is 0 Å². The molecule has 17 heavy (non-hydrogen) atoms. The van der Waals surface area contributed by atoms with Gasteiger partial charge in [0.2, 0.25) is 0 Å². The first kappa shape index (κ1) is 13.8. The normalized spacial score (nSPS) is 9.82. The molecule has 0 aliphatic heterocycles. The van der Waals surface area contributed by atoms with E-state index in [1.165, 1.54) is 22.3 Å². The molecule has 0 radical (unpaired) electrons. The molecule has 1 nitrogen and oxygen atoms in total. The van der Waals surface area contributed by atoms with Gasteiger partial charge in [-0.2, -0.15) is 0 Å². The fourth-order valence-electron chi connectivity index (χ4n) is 1.86. The first-order valence-electron chi connectivity index (χ1n) is 5.47. The summed E-state index contributed by atoms with van der Waals surface area (Å²) in [5.41, 5.74) is 5.15. The molecule has 0 aliphatic carbocycles. The van der Waals surface area contributed by atoms with E-state index in [9.17, 15) is 0 Å². The third-order valence-corrected chi connectivity index (χ3v) is 3.39. The van der Waals surface area contributed by atoms with Gasteiger partial charge in [0.15, 0.2) is 0 Å². The largest absolute Gasteiger partial charge is 0.344 e. The Balaban J connectivity index is 0.00000144. The number of hydrogen-bond acceptors (Lipinski definition) is 1. The minimum atomic E-state index is 0. The van der Waals surface area contributed by atoms with Crippen LogP contribution in [0.4, 0.5) is 0 Å². The zero-order valence-electron chi connectivity index (χ0n) is 10.3. The van der Waals surface area contributed by atoms with E-state index in [4.69, 9.17) is 11.6 Å². The van der Waals surface area contributed by atoms with Crippen molar-refractivity contribution in [2.24, 2.45) is 0 Å². The van der Waals surface area contributed by atoms with Crippen molar-refractivity contribution in [3.63, 3.8) is 0 Å². The second kappa shape index (κ2) is 5.85. The second-order valence-corrected chi connectivity index (χ2v) is 4.54. The molecule has 2 aromatic carbocycles. The Bertz CT molecular complexity index is 492. The third kappa shape index (κ3) is 3.09. The monoisotopic (exact) mass is 247 g/mol. The molecule has 0 unspecified atom stereocenters. The summed E-state index contributed by atoms with van der Waals surface area (Å²) in [5, 5.41) is 0.868. The molecule has 0 heterocycles. The molecule has 3 N–H and O–H groups in total. The minimum absolute atomic E-state index is 0. The Morgan fingerprint density at radius 2 is 1.59 bits per heavy atom. The van der Waals surface area contributed by atoms with E-state index in [0.717, 1.165) is 11.4 Å². The van der Waals surface area contributed by atoms with Gasteiger partial charge in [-0.05, 0) is 48.6 Å². The van der Waals surface area contributed by atoms with Crippen molar-refractivity contribution in [3.05, 3.63) is 69.7 Å². The lowest BCUT2D eigenvalue weighted by atomic mass is 9.97. The zero-order chi connectivity index (χ0) is 11.5. The molecule has 0 atom stereocenters. The molecule has 0 bridgehead atoms. The van der Waals surface area contributed by atoms with Crippen LogP contribution in [-0.2, 0) is 6.42 Å². The maximum atomic E-state index is 6.25. The molecule has 0 fully saturated rings. The van der Waals surface area contributed by atoms with Crippen LogP contribution in [0.5, 0.6) is 0 Å². The summed E-state index contributed by atoms with van der Waals surface area (Å²) in [7, 11) is 0. The number of hydrogen-bond donors (Lipinski definition) is 1. The van der Waals surface area contributed by atoms with Crippen LogP contribution in [0.2, 0.25) is 5.02 Å². The third-order valence-electron chi connectivity index (χ3n) is 3.04. The van der Waals surface area contributed by atoms with Crippen molar-refractivity contribution in [1.29, 1.82) is 0 Å². The van der Waals surface area contributed by atoms with Crippen LogP contribution in [0.3, 0.4) is 0 Å². The van der Waals surface area contributed by atoms with Gasteiger partial charge < -0.3 is 6.15 Å². The van der Waals surface area contributed by atoms with Gasteiger partial charge in [-0.15, -0.1) is 0 Å². The molecule has 0 aromatic heterocycles. The molecular formula is C15H18ClN. The van der Waals surface area contributed by atoms with Crippen LogP contribution < -0.4 is 6.15 Å². The summed E-state index contributed by atoms with van der Waals surface area (Å²) in [6.45, 7) is 4.26. The van der Waals surface area contributed by atoms with Gasteiger partial charge in [-0.1, -0.05) is 48.0 Å². The maximum absolute atomic E-state index is 6.25. The van der Waals surface area contributed by atoms with Crippen molar-refractivity contribution < 1.29 is 0 Å². The van der Waals surface area contributed by atoms with Crippen LogP contribution in [0.1, 0.15) is 22.3 Å². The average Bonchev–Trinajstić information content (AvgIpc) is 2.31. The lowest BCUT2D eigenvalue weighted by Gasteiger charge is -2.11.